The first kappa shape index (κ1) is 23.2. The second-order valence-electron chi connectivity index (χ2n) is 8.53. The Kier molecular flexibility index (Phi) is 6.49. The predicted molar refractivity (Wildman–Crippen MR) is 128 cm³/mol. The third-order valence-corrected chi connectivity index (χ3v) is 6.37. The summed E-state index contributed by atoms with van der Waals surface area (Å²) in [6.07, 6.45) is 1.05. The van der Waals surface area contributed by atoms with E-state index in [1.54, 1.807) is 12.0 Å². The van der Waals surface area contributed by atoms with Crippen LogP contribution >= 0.6 is 0 Å². The van der Waals surface area contributed by atoms with Gasteiger partial charge in [-0.25, -0.2) is 4.98 Å². The summed E-state index contributed by atoms with van der Waals surface area (Å²) in [4.78, 5) is 41.6. The van der Waals surface area contributed by atoms with Crippen LogP contribution < -0.4 is 10.1 Å². The summed E-state index contributed by atoms with van der Waals surface area (Å²) in [5.41, 5.74) is 5.56. The van der Waals surface area contributed by atoms with Gasteiger partial charge in [-0.3, -0.25) is 19.7 Å². The van der Waals surface area contributed by atoms with E-state index in [1.165, 1.54) is 0 Å². The zero-order valence-corrected chi connectivity index (χ0v) is 19.8. The van der Waals surface area contributed by atoms with Gasteiger partial charge in [-0.1, -0.05) is 6.07 Å². The smallest absolute Gasteiger partial charge is 0.254 e. The number of amides is 3. The highest BCUT2D eigenvalue weighted by Gasteiger charge is 2.31. The zero-order chi connectivity index (χ0) is 24.4. The van der Waals surface area contributed by atoms with Crippen LogP contribution in [0, 0.1) is 6.92 Å². The SMILES string of the molecule is COc1ccc(-c2c(C)nc(-c3ccc4c(c3)CN(C(C)CCC(=O)NC=O)C4=O)n2C)cc1. The fourth-order valence-corrected chi connectivity index (χ4v) is 4.52. The van der Waals surface area contributed by atoms with Crippen LogP contribution in [-0.4, -0.2) is 45.8 Å². The van der Waals surface area contributed by atoms with Crippen molar-refractivity contribution in [1.29, 1.82) is 0 Å². The number of fused-ring (bicyclic) bond motifs is 1. The van der Waals surface area contributed by atoms with Gasteiger partial charge in [0.1, 0.15) is 11.6 Å². The topological polar surface area (TPSA) is 93.5 Å². The second kappa shape index (κ2) is 9.51. The third-order valence-electron chi connectivity index (χ3n) is 6.37. The van der Waals surface area contributed by atoms with Crippen LogP contribution in [0.2, 0.25) is 0 Å². The van der Waals surface area contributed by atoms with Crippen molar-refractivity contribution in [3.8, 4) is 28.4 Å². The maximum atomic E-state index is 13.0. The molecule has 1 aliphatic rings. The van der Waals surface area contributed by atoms with Crippen molar-refractivity contribution >= 4 is 18.2 Å². The Balaban J connectivity index is 1.57. The molecule has 0 radical (unpaired) electrons. The molecule has 8 nitrogen and oxygen atoms in total. The highest BCUT2D eigenvalue weighted by molar-refractivity contribution is 5.99. The molecule has 1 unspecified atom stereocenters. The number of nitrogens with one attached hydrogen (secondary N) is 1. The standard InChI is InChI=1S/C26H28N4O4/c1-16(5-12-23(32)27-15-31)30-14-20-13-19(8-11-22(20)26(30)33)25-28-17(2)24(29(25)3)18-6-9-21(34-4)10-7-18/h6-11,13,15-16H,5,12,14H2,1-4H3,(H,27,31,32). The van der Waals surface area contributed by atoms with Crippen LogP contribution in [0.4, 0.5) is 0 Å². The molecule has 8 heteroatoms. The van der Waals surface area contributed by atoms with Crippen LogP contribution in [0.15, 0.2) is 42.5 Å². The molecule has 0 aliphatic carbocycles. The molecule has 1 aromatic heterocycles. The highest BCUT2D eigenvalue weighted by Crippen LogP contribution is 2.33. The van der Waals surface area contributed by atoms with Gasteiger partial charge in [0, 0.05) is 42.7 Å². The normalized spacial score (nSPS) is 13.5. The minimum atomic E-state index is -0.342. The summed E-state index contributed by atoms with van der Waals surface area (Å²) in [6.45, 7) is 4.39. The van der Waals surface area contributed by atoms with Crippen molar-refractivity contribution in [2.24, 2.45) is 7.05 Å². The molecule has 176 valence electrons. The molecule has 3 aromatic rings. The minimum Gasteiger partial charge on any atom is -0.497 e. The fraction of sp³-hybridized carbons (Fsp3) is 0.308. The molecule has 3 amide bonds. The number of nitrogens with zero attached hydrogens (tertiary/aromatic N) is 3. The fourth-order valence-electron chi connectivity index (χ4n) is 4.52. The first-order valence-corrected chi connectivity index (χ1v) is 11.2. The first-order chi connectivity index (χ1) is 16.3. The maximum Gasteiger partial charge on any atom is 0.254 e. The van der Waals surface area contributed by atoms with Crippen LogP contribution in [0.1, 0.15) is 41.4 Å². The van der Waals surface area contributed by atoms with Crippen molar-refractivity contribution in [3.63, 3.8) is 0 Å². The number of imidazole rings is 1. The number of methoxy groups -OCH3 is 1. The number of hydrogen-bond donors (Lipinski definition) is 1. The van der Waals surface area contributed by atoms with E-state index in [0.29, 0.717) is 24.9 Å². The molecule has 0 fully saturated rings. The van der Waals surface area contributed by atoms with E-state index in [9.17, 15) is 14.4 Å². The molecule has 4 rings (SSSR count). The van der Waals surface area contributed by atoms with Crippen molar-refractivity contribution < 1.29 is 19.1 Å². The summed E-state index contributed by atoms with van der Waals surface area (Å²) in [6, 6.07) is 13.6. The Morgan fingerprint density at radius 3 is 2.59 bits per heavy atom. The highest BCUT2D eigenvalue weighted by atomic mass is 16.5. The lowest BCUT2D eigenvalue weighted by Gasteiger charge is -2.23. The number of aromatic nitrogens is 2. The van der Waals surface area contributed by atoms with Crippen molar-refractivity contribution in [2.75, 3.05) is 7.11 Å². The van der Waals surface area contributed by atoms with Gasteiger partial charge in [0.15, 0.2) is 0 Å². The largest absolute Gasteiger partial charge is 0.497 e. The lowest BCUT2D eigenvalue weighted by atomic mass is 10.1. The van der Waals surface area contributed by atoms with E-state index in [2.05, 4.69) is 9.88 Å². The first-order valence-electron chi connectivity index (χ1n) is 11.2. The molecule has 1 N–H and O–H groups in total. The Labute approximate surface area is 198 Å². The molecule has 34 heavy (non-hydrogen) atoms. The molecular formula is C26H28N4O4. The van der Waals surface area contributed by atoms with Gasteiger partial charge in [-0.05, 0) is 62.2 Å². The molecule has 0 bridgehead atoms. The van der Waals surface area contributed by atoms with Gasteiger partial charge in [-0.2, -0.15) is 0 Å². The van der Waals surface area contributed by atoms with Crippen LogP contribution in [-0.2, 0) is 23.2 Å². The van der Waals surface area contributed by atoms with Crippen molar-refractivity contribution in [1.82, 2.24) is 19.8 Å². The van der Waals surface area contributed by atoms with Gasteiger partial charge in [0.2, 0.25) is 12.3 Å². The maximum absolute atomic E-state index is 13.0. The molecule has 0 saturated heterocycles. The number of rotatable bonds is 8. The van der Waals surface area contributed by atoms with Crippen LogP contribution in [0.3, 0.4) is 0 Å². The van der Waals surface area contributed by atoms with E-state index < -0.39 is 0 Å². The average molecular weight is 461 g/mol. The zero-order valence-electron chi connectivity index (χ0n) is 19.8. The number of benzene rings is 2. The number of aryl methyl sites for hydroxylation is 1. The van der Waals surface area contributed by atoms with Crippen molar-refractivity contribution in [3.05, 3.63) is 59.3 Å². The van der Waals surface area contributed by atoms with Gasteiger partial charge >= 0.3 is 0 Å². The lowest BCUT2D eigenvalue weighted by molar-refractivity contribution is -0.125. The molecule has 0 saturated carbocycles. The number of carbonyl (C=O) groups is 3. The van der Waals surface area contributed by atoms with E-state index in [-0.39, 0.29) is 24.3 Å². The Morgan fingerprint density at radius 1 is 1.21 bits per heavy atom. The predicted octanol–water partition coefficient (Wildman–Crippen LogP) is 3.47. The summed E-state index contributed by atoms with van der Waals surface area (Å²) in [7, 11) is 3.64. The Morgan fingerprint density at radius 2 is 1.91 bits per heavy atom. The molecule has 0 spiro atoms. The molecule has 1 aliphatic heterocycles. The third kappa shape index (κ3) is 4.31. The van der Waals surface area contributed by atoms with E-state index in [1.807, 2.05) is 63.4 Å². The van der Waals surface area contributed by atoms with Crippen molar-refractivity contribution in [2.45, 2.75) is 39.3 Å². The summed E-state index contributed by atoms with van der Waals surface area (Å²) >= 11 is 0. The number of carbonyl (C=O) groups excluding carboxylic acids is 3. The number of ether oxygens (including phenoxy) is 1. The van der Waals surface area contributed by atoms with E-state index in [0.717, 1.165) is 39.7 Å². The number of imide groups is 1. The summed E-state index contributed by atoms with van der Waals surface area (Å²) in [5.74, 6) is 1.25. The second-order valence-corrected chi connectivity index (χ2v) is 8.53. The quantitative estimate of drug-likeness (QED) is 0.520. The molecular weight excluding hydrogens is 432 g/mol. The summed E-state index contributed by atoms with van der Waals surface area (Å²) in [5, 5.41) is 2.14. The van der Waals surface area contributed by atoms with E-state index in [4.69, 9.17) is 9.72 Å². The van der Waals surface area contributed by atoms with Crippen LogP contribution in [0.25, 0.3) is 22.6 Å². The Bertz CT molecular complexity index is 1250. The van der Waals surface area contributed by atoms with Gasteiger partial charge in [0.05, 0.1) is 18.5 Å². The number of hydrogen-bond acceptors (Lipinski definition) is 5. The van der Waals surface area contributed by atoms with Gasteiger partial charge < -0.3 is 14.2 Å². The Hall–Kier alpha value is -3.94. The van der Waals surface area contributed by atoms with E-state index >= 15 is 0 Å². The minimum absolute atomic E-state index is 0.0419. The van der Waals surface area contributed by atoms with Gasteiger partial charge in [0.25, 0.3) is 5.91 Å². The average Bonchev–Trinajstić information content (AvgIpc) is 3.33. The monoisotopic (exact) mass is 460 g/mol. The molecule has 2 heterocycles. The van der Waals surface area contributed by atoms with Gasteiger partial charge in [-0.15, -0.1) is 0 Å². The van der Waals surface area contributed by atoms with Crippen LogP contribution in [0.5, 0.6) is 5.75 Å². The molecule has 2 aromatic carbocycles. The molecule has 1 atom stereocenters. The lowest BCUT2D eigenvalue weighted by Crippen LogP contribution is -2.34. The summed E-state index contributed by atoms with van der Waals surface area (Å²) < 4.78 is 7.34.